The molecule has 1 aromatic rings. The van der Waals surface area contributed by atoms with E-state index in [0.717, 1.165) is 6.42 Å². The van der Waals surface area contributed by atoms with Gasteiger partial charge in [-0.1, -0.05) is 30.3 Å². The average molecular weight is 157 g/mol. The highest BCUT2D eigenvalue weighted by atomic mass is 14.3. The summed E-state index contributed by atoms with van der Waals surface area (Å²) in [5, 5.41) is 0. The number of hydrogen-bond donors (Lipinski definition) is 0. The van der Waals surface area contributed by atoms with Crippen LogP contribution in [0.15, 0.2) is 36.9 Å². The molecule has 0 heterocycles. The van der Waals surface area contributed by atoms with Crippen LogP contribution in [0.25, 0.3) is 0 Å². The molecule has 0 saturated heterocycles. The second kappa shape index (κ2) is 3.14. The van der Waals surface area contributed by atoms with Crippen LogP contribution in [0.3, 0.4) is 0 Å². The lowest BCUT2D eigenvalue weighted by molar-refractivity contribution is 1.21. The van der Waals surface area contributed by atoms with E-state index in [2.05, 4.69) is 30.8 Å². The predicted octanol–water partition coefficient (Wildman–Crippen LogP) is 3.13. The van der Waals surface area contributed by atoms with Gasteiger partial charge in [-0.2, -0.15) is 0 Å². The van der Waals surface area contributed by atoms with E-state index in [1.54, 1.807) is 5.92 Å². The SMILES string of the molecule is C=CCc1ccccc1[C]1CC1. The molecule has 0 heteroatoms. The van der Waals surface area contributed by atoms with Crippen LogP contribution in [0.1, 0.15) is 24.0 Å². The van der Waals surface area contributed by atoms with E-state index in [1.165, 1.54) is 24.0 Å². The minimum atomic E-state index is 1.000. The fraction of sp³-hybridized carbons (Fsp3) is 0.250. The van der Waals surface area contributed by atoms with Gasteiger partial charge in [0, 0.05) is 5.92 Å². The van der Waals surface area contributed by atoms with Crippen molar-refractivity contribution in [3.05, 3.63) is 54.0 Å². The summed E-state index contributed by atoms with van der Waals surface area (Å²) in [6, 6.07) is 8.64. The van der Waals surface area contributed by atoms with Crippen LogP contribution in [-0.2, 0) is 6.42 Å². The molecule has 0 aromatic heterocycles. The second-order valence-electron chi connectivity index (χ2n) is 3.25. The molecule has 1 aliphatic carbocycles. The maximum Gasteiger partial charge on any atom is 0.00534 e. The molecule has 0 spiro atoms. The molecule has 1 aromatic carbocycles. The van der Waals surface area contributed by atoms with E-state index in [9.17, 15) is 0 Å². The van der Waals surface area contributed by atoms with Crippen molar-refractivity contribution in [3.8, 4) is 0 Å². The van der Waals surface area contributed by atoms with Gasteiger partial charge < -0.3 is 0 Å². The molecule has 61 valence electrons. The highest BCUT2D eigenvalue weighted by molar-refractivity contribution is 5.44. The molecule has 1 radical (unpaired) electrons. The Labute approximate surface area is 73.9 Å². The maximum atomic E-state index is 3.77. The summed E-state index contributed by atoms with van der Waals surface area (Å²) in [5.74, 6) is 1.62. The standard InChI is InChI=1S/C12H13/c1-2-5-10-6-3-4-7-12(10)11-8-9-11/h2-4,6-7H,1,5,8-9H2. The van der Waals surface area contributed by atoms with Crippen molar-refractivity contribution in [1.82, 2.24) is 0 Å². The Morgan fingerprint density at radius 3 is 2.67 bits per heavy atom. The second-order valence-corrected chi connectivity index (χ2v) is 3.25. The Kier molecular flexibility index (Phi) is 1.99. The highest BCUT2D eigenvalue weighted by Gasteiger charge is 2.25. The molecule has 0 unspecified atom stereocenters. The van der Waals surface area contributed by atoms with Gasteiger partial charge in [0.1, 0.15) is 0 Å². The van der Waals surface area contributed by atoms with Crippen LogP contribution >= 0.6 is 0 Å². The summed E-state index contributed by atoms with van der Waals surface area (Å²) in [7, 11) is 0. The van der Waals surface area contributed by atoms with E-state index < -0.39 is 0 Å². The Hall–Kier alpha value is -1.04. The van der Waals surface area contributed by atoms with Crippen LogP contribution in [0, 0.1) is 5.92 Å². The Morgan fingerprint density at radius 1 is 1.25 bits per heavy atom. The lowest BCUT2D eigenvalue weighted by Crippen LogP contribution is -1.89. The fourth-order valence-corrected chi connectivity index (χ4v) is 1.53. The fourth-order valence-electron chi connectivity index (χ4n) is 1.53. The topological polar surface area (TPSA) is 0 Å². The van der Waals surface area contributed by atoms with Gasteiger partial charge in [0.05, 0.1) is 0 Å². The molecule has 0 bridgehead atoms. The van der Waals surface area contributed by atoms with E-state index in [4.69, 9.17) is 0 Å². The third-order valence-electron chi connectivity index (χ3n) is 2.26. The molecule has 2 rings (SSSR count). The normalized spacial score (nSPS) is 16.0. The minimum Gasteiger partial charge on any atom is -0.103 e. The van der Waals surface area contributed by atoms with Gasteiger partial charge in [0.2, 0.25) is 0 Å². The lowest BCUT2D eigenvalue weighted by Gasteiger charge is -2.04. The molecule has 1 fully saturated rings. The maximum absolute atomic E-state index is 3.77. The zero-order valence-electron chi connectivity index (χ0n) is 7.22. The largest absolute Gasteiger partial charge is 0.103 e. The zero-order chi connectivity index (χ0) is 8.39. The molecule has 0 N–H and O–H groups in total. The van der Waals surface area contributed by atoms with Crippen molar-refractivity contribution >= 4 is 0 Å². The number of allylic oxidation sites excluding steroid dienone is 1. The Morgan fingerprint density at radius 2 is 2.00 bits per heavy atom. The van der Waals surface area contributed by atoms with Crippen LogP contribution in [0.5, 0.6) is 0 Å². The third-order valence-corrected chi connectivity index (χ3v) is 2.26. The van der Waals surface area contributed by atoms with Gasteiger partial charge in [-0.3, -0.25) is 0 Å². The van der Waals surface area contributed by atoms with Gasteiger partial charge in [-0.05, 0) is 30.4 Å². The number of hydrogen-bond acceptors (Lipinski definition) is 0. The minimum absolute atomic E-state index is 1.000. The van der Waals surface area contributed by atoms with Crippen LogP contribution in [0.4, 0.5) is 0 Å². The zero-order valence-corrected chi connectivity index (χ0v) is 7.22. The number of benzene rings is 1. The van der Waals surface area contributed by atoms with E-state index in [1.807, 2.05) is 6.08 Å². The van der Waals surface area contributed by atoms with Crippen molar-refractivity contribution in [2.75, 3.05) is 0 Å². The van der Waals surface area contributed by atoms with E-state index >= 15 is 0 Å². The average Bonchev–Trinajstić information content (AvgIpc) is 2.89. The van der Waals surface area contributed by atoms with Crippen molar-refractivity contribution in [2.24, 2.45) is 0 Å². The molecule has 12 heavy (non-hydrogen) atoms. The lowest BCUT2D eigenvalue weighted by atomic mass is 10.0. The number of rotatable bonds is 3. The molecular formula is C12H13. The van der Waals surface area contributed by atoms with Crippen LogP contribution in [-0.4, -0.2) is 0 Å². The summed E-state index contributed by atoms with van der Waals surface area (Å²) in [4.78, 5) is 0. The molecule has 0 amide bonds. The van der Waals surface area contributed by atoms with Crippen LogP contribution < -0.4 is 0 Å². The van der Waals surface area contributed by atoms with Crippen LogP contribution in [0.2, 0.25) is 0 Å². The quantitative estimate of drug-likeness (QED) is 0.591. The monoisotopic (exact) mass is 157 g/mol. The molecule has 0 aliphatic heterocycles. The highest BCUT2D eigenvalue weighted by Crippen LogP contribution is 2.40. The third kappa shape index (κ3) is 1.42. The molecule has 1 saturated carbocycles. The summed E-state index contributed by atoms with van der Waals surface area (Å²) in [6.45, 7) is 3.77. The molecule has 0 atom stereocenters. The van der Waals surface area contributed by atoms with Crippen molar-refractivity contribution in [3.63, 3.8) is 0 Å². The summed E-state index contributed by atoms with van der Waals surface area (Å²) in [5.41, 5.74) is 2.90. The first-order chi connectivity index (χ1) is 5.92. The van der Waals surface area contributed by atoms with E-state index in [-0.39, 0.29) is 0 Å². The molecular weight excluding hydrogens is 144 g/mol. The first kappa shape index (κ1) is 7.60. The predicted molar refractivity (Wildman–Crippen MR) is 51.9 cm³/mol. The van der Waals surface area contributed by atoms with Gasteiger partial charge in [0.15, 0.2) is 0 Å². The Bertz CT molecular complexity index is 282. The van der Waals surface area contributed by atoms with Gasteiger partial charge in [0.25, 0.3) is 0 Å². The van der Waals surface area contributed by atoms with Crippen molar-refractivity contribution in [2.45, 2.75) is 19.3 Å². The molecule has 1 aliphatic rings. The first-order valence-electron chi connectivity index (χ1n) is 4.45. The summed E-state index contributed by atoms with van der Waals surface area (Å²) in [6.07, 6.45) is 5.57. The van der Waals surface area contributed by atoms with Gasteiger partial charge in [-0.25, -0.2) is 0 Å². The van der Waals surface area contributed by atoms with Gasteiger partial charge >= 0.3 is 0 Å². The summed E-state index contributed by atoms with van der Waals surface area (Å²) >= 11 is 0. The first-order valence-corrected chi connectivity index (χ1v) is 4.45. The Balaban J connectivity index is 2.29. The van der Waals surface area contributed by atoms with Gasteiger partial charge in [-0.15, -0.1) is 6.58 Å². The van der Waals surface area contributed by atoms with Crippen molar-refractivity contribution in [1.29, 1.82) is 0 Å². The van der Waals surface area contributed by atoms with Crippen molar-refractivity contribution < 1.29 is 0 Å². The molecule has 0 nitrogen and oxygen atoms in total. The van der Waals surface area contributed by atoms with E-state index in [0.29, 0.717) is 0 Å². The summed E-state index contributed by atoms with van der Waals surface area (Å²) < 4.78 is 0. The smallest absolute Gasteiger partial charge is 0.00534 e.